The molecule has 132 valence electrons. The molecule has 0 aliphatic carbocycles. The molecular formula is C20H25N3O2. The highest BCUT2D eigenvalue weighted by atomic mass is 16.3. The van der Waals surface area contributed by atoms with Crippen LogP contribution in [-0.2, 0) is 4.79 Å². The molecule has 2 aliphatic heterocycles. The van der Waals surface area contributed by atoms with Gasteiger partial charge in [0.1, 0.15) is 0 Å². The van der Waals surface area contributed by atoms with Crippen LogP contribution in [0.4, 0.5) is 0 Å². The predicted molar refractivity (Wildman–Crippen MR) is 96.7 cm³/mol. The fourth-order valence-electron chi connectivity index (χ4n) is 3.60. The van der Waals surface area contributed by atoms with E-state index in [1.807, 2.05) is 30.0 Å². The van der Waals surface area contributed by atoms with E-state index in [1.54, 1.807) is 0 Å². The minimum atomic E-state index is -0.250. The lowest BCUT2D eigenvalue weighted by atomic mass is 9.94. The maximum atomic E-state index is 12.4. The van der Waals surface area contributed by atoms with Crippen molar-refractivity contribution in [3.05, 3.63) is 41.0 Å². The van der Waals surface area contributed by atoms with Gasteiger partial charge >= 0.3 is 0 Å². The molecule has 5 heteroatoms. The molecule has 25 heavy (non-hydrogen) atoms. The Kier molecular flexibility index (Phi) is 5.52. The van der Waals surface area contributed by atoms with Crippen molar-refractivity contribution in [2.75, 3.05) is 32.7 Å². The van der Waals surface area contributed by atoms with Crippen molar-refractivity contribution in [1.29, 1.82) is 5.26 Å². The van der Waals surface area contributed by atoms with Gasteiger partial charge in [-0.05, 0) is 55.0 Å². The topological polar surface area (TPSA) is 67.6 Å². The van der Waals surface area contributed by atoms with Crippen LogP contribution in [0.1, 0.15) is 36.0 Å². The highest BCUT2D eigenvalue weighted by Crippen LogP contribution is 2.26. The van der Waals surface area contributed by atoms with Gasteiger partial charge in [0.25, 0.3) is 0 Å². The first-order valence-corrected chi connectivity index (χ1v) is 8.95. The van der Waals surface area contributed by atoms with Gasteiger partial charge in [-0.15, -0.1) is 0 Å². The molecule has 0 atom stereocenters. The number of piperidine rings is 1. The number of carbonyl (C=O) groups is 1. The number of hydrogen-bond acceptors (Lipinski definition) is 4. The average Bonchev–Trinajstić information content (AvgIpc) is 2.63. The molecule has 0 radical (unpaired) electrons. The smallest absolute Gasteiger partial charge is 0.236 e. The molecule has 0 unspecified atom stereocenters. The molecule has 2 heterocycles. The van der Waals surface area contributed by atoms with E-state index in [9.17, 15) is 9.90 Å². The zero-order chi connectivity index (χ0) is 17.8. The molecule has 0 bridgehead atoms. The molecule has 2 aliphatic rings. The molecular weight excluding hydrogens is 314 g/mol. The van der Waals surface area contributed by atoms with Gasteiger partial charge in [0.05, 0.1) is 24.3 Å². The Morgan fingerprint density at radius 3 is 2.68 bits per heavy atom. The fourth-order valence-corrected chi connectivity index (χ4v) is 3.60. The van der Waals surface area contributed by atoms with Crippen molar-refractivity contribution in [1.82, 2.24) is 9.80 Å². The maximum absolute atomic E-state index is 12.4. The van der Waals surface area contributed by atoms with Crippen molar-refractivity contribution in [3.63, 3.8) is 0 Å². The largest absolute Gasteiger partial charge is 0.393 e. The Balaban J connectivity index is 1.57. The third kappa shape index (κ3) is 4.28. The minimum Gasteiger partial charge on any atom is -0.393 e. The van der Waals surface area contributed by atoms with E-state index < -0.39 is 0 Å². The summed E-state index contributed by atoms with van der Waals surface area (Å²) in [7, 11) is 0. The summed E-state index contributed by atoms with van der Waals surface area (Å²) in [6.45, 7) is 5.47. The Hall–Kier alpha value is -2.16. The molecule has 1 fully saturated rings. The second-order valence-corrected chi connectivity index (χ2v) is 6.97. The number of hydrogen-bond donors (Lipinski definition) is 1. The van der Waals surface area contributed by atoms with Gasteiger partial charge in [-0.1, -0.05) is 12.1 Å². The summed E-state index contributed by atoms with van der Waals surface area (Å²) in [5, 5.41) is 18.5. The van der Waals surface area contributed by atoms with Crippen LogP contribution in [-0.4, -0.2) is 59.6 Å². The van der Waals surface area contributed by atoms with E-state index in [0.29, 0.717) is 38.0 Å². The summed E-state index contributed by atoms with van der Waals surface area (Å²) in [6, 6.07) is 7.99. The molecule has 1 saturated heterocycles. The SMILES string of the molecule is Cc1cc(C#N)ccc1C1=CCN(CC(=O)N2CCC(O)CC2)CC1. The first kappa shape index (κ1) is 17.7. The Bertz CT molecular complexity index is 712. The summed E-state index contributed by atoms with van der Waals surface area (Å²) in [4.78, 5) is 16.4. The molecule has 1 amide bonds. The van der Waals surface area contributed by atoms with Gasteiger partial charge in [-0.3, -0.25) is 9.69 Å². The van der Waals surface area contributed by atoms with Crippen LogP contribution in [0.25, 0.3) is 5.57 Å². The number of amides is 1. The number of likely N-dealkylation sites (tertiary alicyclic amines) is 1. The minimum absolute atomic E-state index is 0.165. The third-order valence-corrected chi connectivity index (χ3v) is 5.17. The summed E-state index contributed by atoms with van der Waals surface area (Å²) in [5.74, 6) is 0.165. The van der Waals surface area contributed by atoms with E-state index in [0.717, 1.165) is 25.1 Å². The van der Waals surface area contributed by atoms with Gasteiger partial charge < -0.3 is 10.0 Å². The van der Waals surface area contributed by atoms with Crippen LogP contribution in [0, 0.1) is 18.3 Å². The number of nitrogens with zero attached hydrogens (tertiary/aromatic N) is 3. The normalized spacial score (nSPS) is 19.4. The summed E-state index contributed by atoms with van der Waals surface area (Å²) in [5.41, 5.74) is 4.32. The standard InChI is InChI=1S/C20H25N3O2/c1-15-12-16(13-21)2-3-19(15)17-4-8-22(9-5-17)14-20(25)23-10-6-18(24)7-11-23/h2-4,12,18,24H,5-11,14H2,1H3. The second kappa shape index (κ2) is 7.81. The van der Waals surface area contributed by atoms with Crippen molar-refractivity contribution in [3.8, 4) is 6.07 Å². The third-order valence-electron chi connectivity index (χ3n) is 5.17. The summed E-state index contributed by atoms with van der Waals surface area (Å²) < 4.78 is 0. The Labute approximate surface area is 149 Å². The van der Waals surface area contributed by atoms with Crippen LogP contribution in [0.3, 0.4) is 0 Å². The zero-order valence-corrected chi connectivity index (χ0v) is 14.7. The van der Waals surface area contributed by atoms with Gasteiger partial charge in [-0.2, -0.15) is 5.26 Å². The van der Waals surface area contributed by atoms with Gasteiger partial charge in [0, 0.05) is 26.2 Å². The van der Waals surface area contributed by atoms with Crippen molar-refractivity contribution in [2.24, 2.45) is 0 Å². The lowest BCUT2D eigenvalue weighted by Gasteiger charge is -2.33. The molecule has 3 rings (SSSR count). The zero-order valence-electron chi connectivity index (χ0n) is 14.7. The molecule has 0 saturated carbocycles. The van der Waals surface area contributed by atoms with Gasteiger partial charge in [0.15, 0.2) is 0 Å². The van der Waals surface area contributed by atoms with E-state index in [4.69, 9.17) is 5.26 Å². The molecule has 0 spiro atoms. The first-order valence-electron chi connectivity index (χ1n) is 8.95. The number of aliphatic hydroxyl groups excluding tert-OH is 1. The van der Waals surface area contributed by atoms with Crippen LogP contribution in [0.15, 0.2) is 24.3 Å². The lowest BCUT2D eigenvalue weighted by Crippen LogP contribution is -2.45. The molecule has 0 aromatic heterocycles. The van der Waals surface area contributed by atoms with Crippen LogP contribution < -0.4 is 0 Å². The lowest BCUT2D eigenvalue weighted by molar-refractivity contribution is -0.134. The number of nitriles is 1. The maximum Gasteiger partial charge on any atom is 0.236 e. The van der Waals surface area contributed by atoms with E-state index >= 15 is 0 Å². The van der Waals surface area contributed by atoms with Crippen molar-refractivity contribution < 1.29 is 9.90 Å². The van der Waals surface area contributed by atoms with Crippen LogP contribution >= 0.6 is 0 Å². The molecule has 5 nitrogen and oxygen atoms in total. The van der Waals surface area contributed by atoms with Crippen LogP contribution in [0.2, 0.25) is 0 Å². The number of carbonyl (C=O) groups excluding carboxylic acids is 1. The van der Waals surface area contributed by atoms with E-state index in [-0.39, 0.29) is 12.0 Å². The second-order valence-electron chi connectivity index (χ2n) is 6.97. The van der Waals surface area contributed by atoms with E-state index in [2.05, 4.69) is 17.0 Å². The number of aryl methyl sites for hydroxylation is 1. The monoisotopic (exact) mass is 339 g/mol. The van der Waals surface area contributed by atoms with Crippen molar-refractivity contribution >= 4 is 11.5 Å². The summed E-state index contributed by atoms with van der Waals surface area (Å²) >= 11 is 0. The number of rotatable bonds is 3. The predicted octanol–water partition coefficient (Wildman–Crippen LogP) is 1.94. The number of aliphatic hydroxyl groups is 1. The highest BCUT2D eigenvalue weighted by Gasteiger charge is 2.23. The van der Waals surface area contributed by atoms with Crippen molar-refractivity contribution in [2.45, 2.75) is 32.3 Å². The fraction of sp³-hybridized carbons (Fsp3) is 0.500. The molecule has 1 aromatic carbocycles. The molecule has 1 N–H and O–H groups in total. The number of benzene rings is 1. The molecule has 1 aromatic rings. The van der Waals surface area contributed by atoms with Gasteiger partial charge in [-0.25, -0.2) is 0 Å². The van der Waals surface area contributed by atoms with E-state index in [1.165, 1.54) is 11.1 Å². The highest BCUT2D eigenvalue weighted by molar-refractivity contribution is 5.78. The summed E-state index contributed by atoms with van der Waals surface area (Å²) in [6.07, 6.45) is 4.24. The Morgan fingerprint density at radius 1 is 1.32 bits per heavy atom. The quantitative estimate of drug-likeness (QED) is 0.914. The average molecular weight is 339 g/mol. The Morgan fingerprint density at radius 2 is 2.08 bits per heavy atom. The van der Waals surface area contributed by atoms with Crippen LogP contribution in [0.5, 0.6) is 0 Å². The first-order chi connectivity index (χ1) is 12.1. The van der Waals surface area contributed by atoms with Gasteiger partial charge in [0.2, 0.25) is 5.91 Å².